The lowest BCUT2D eigenvalue weighted by molar-refractivity contribution is -0.144. The number of aliphatic hydroxyl groups excluding tert-OH is 2. The van der Waals surface area contributed by atoms with Gasteiger partial charge in [0.25, 0.3) is 0 Å². The quantitative estimate of drug-likeness (QED) is 0.0336. The van der Waals surface area contributed by atoms with Crippen LogP contribution in [0, 0.1) is 23.7 Å². The fraction of sp³-hybridized carbons (Fsp3) is 0.722. The zero-order valence-corrected chi connectivity index (χ0v) is 43.2. The maximum absolute atomic E-state index is 13.0. The lowest BCUT2D eigenvalue weighted by Crippen LogP contribution is -2.40. The smallest absolute Gasteiger partial charge is 0.335 e. The van der Waals surface area contributed by atoms with Crippen LogP contribution < -0.4 is 26.8 Å². The summed E-state index contributed by atoms with van der Waals surface area (Å²) in [4.78, 5) is 111. The molecule has 0 fully saturated rings. The van der Waals surface area contributed by atoms with E-state index in [0.717, 1.165) is 77.0 Å². The predicted molar refractivity (Wildman–Crippen MR) is 273 cm³/mol. The van der Waals surface area contributed by atoms with Gasteiger partial charge < -0.3 is 47.3 Å². The number of aliphatic hydroxyl groups is 2. The number of amides is 2. The Labute approximate surface area is 426 Å². The number of aromatic carboxylic acids is 1. The maximum Gasteiger partial charge on any atom is 0.335 e. The molecule has 0 heterocycles. The number of nitrogens with one attached hydrogen (secondary N) is 2. The Morgan fingerprint density at radius 1 is 0.528 bits per heavy atom. The second kappa shape index (κ2) is 39.6. The summed E-state index contributed by atoms with van der Waals surface area (Å²) in [6.45, 7) is 3.56. The number of carboxylic acids is 2. The van der Waals surface area contributed by atoms with E-state index in [1.165, 1.54) is 12.1 Å². The number of hydrogen-bond acceptors (Lipinski definition) is 14. The van der Waals surface area contributed by atoms with Crippen LogP contribution in [0.4, 0.5) is 0 Å². The number of hydrogen-bond donors (Lipinski definition) is 8. The van der Waals surface area contributed by atoms with Crippen molar-refractivity contribution in [2.24, 2.45) is 35.1 Å². The van der Waals surface area contributed by atoms with Crippen molar-refractivity contribution in [2.45, 2.75) is 193 Å². The number of unbranched alkanes of at least 4 members (excludes halogenated alkanes) is 11. The summed E-state index contributed by atoms with van der Waals surface area (Å²) in [5, 5.41) is 44.0. The summed E-state index contributed by atoms with van der Waals surface area (Å²) < 4.78 is 5.65. The van der Waals surface area contributed by atoms with Gasteiger partial charge in [-0.2, -0.15) is 0 Å². The van der Waals surface area contributed by atoms with Gasteiger partial charge in [-0.05, 0) is 102 Å². The molecule has 1 aromatic rings. The van der Waals surface area contributed by atoms with Crippen LogP contribution >= 0.6 is 0 Å². The van der Waals surface area contributed by atoms with E-state index in [4.69, 9.17) is 21.3 Å². The molecule has 2 amide bonds. The van der Waals surface area contributed by atoms with Gasteiger partial charge in [0.15, 0.2) is 0 Å². The highest BCUT2D eigenvalue weighted by molar-refractivity contribution is 5.92. The molecule has 0 aliphatic heterocycles. The van der Waals surface area contributed by atoms with Crippen molar-refractivity contribution < 1.29 is 68.3 Å². The molecule has 1 rings (SSSR count). The lowest BCUT2D eigenvalue weighted by atomic mass is 9.88. The average molecular weight is 1020 g/mol. The molecule has 408 valence electrons. The largest absolute Gasteiger partial charge is 0.494 e. The first-order valence-electron chi connectivity index (χ1n) is 26.5. The molecule has 0 bridgehead atoms. The second-order valence-electron chi connectivity index (χ2n) is 19.3. The number of carbonyl (C=O) groups excluding carboxylic acids is 7. The third kappa shape index (κ3) is 30.2. The second-order valence-corrected chi connectivity index (χ2v) is 19.3. The maximum atomic E-state index is 13.0. The van der Waals surface area contributed by atoms with Gasteiger partial charge in [-0.15, -0.1) is 0 Å². The standard InChI is InChI=1S/C54H88N4O14/c1-3-39(38(2)61)19-14-16-31-58-52(67)48(56)22-12-10-13-23-49(64)47(55)21-15-17-30-57-51(66)43(37-60)35-50(65)42(36-59)34-45(63)27-24-41(54(70)71)33-44(62)20-11-8-6-4-5-7-9-18-32-72-46-28-25-40(26-29-46)53(68)69/h25-26,28-29,39,41-43,47-48,59-60H,3-24,27,30-37,55-56H2,1-2H3,(H,57,66)(H,58,67)(H,68,69)(H,70,71)/t39-,41+,42-,43-,47-,48-/m0/s1. The zero-order chi connectivity index (χ0) is 53.7. The molecule has 0 saturated carbocycles. The number of carbonyl (C=O) groups is 9. The predicted octanol–water partition coefficient (Wildman–Crippen LogP) is 6.21. The Morgan fingerprint density at radius 2 is 1.04 bits per heavy atom. The van der Waals surface area contributed by atoms with E-state index in [0.29, 0.717) is 70.3 Å². The highest BCUT2D eigenvalue weighted by Gasteiger charge is 2.29. The van der Waals surface area contributed by atoms with E-state index in [2.05, 4.69) is 10.6 Å². The third-order valence-corrected chi connectivity index (χ3v) is 13.3. The Hall–Kier alpha value is -4.91. The summed E-state index contributed by atoms with van der Waals surface area (Å²) in [5.74, 6) is -6.70. The molecular formula is C54H88N4O14. The fourth-order valence-corrected chi connectivity index (χ4v) is 8.42. The number of Topliss-reactive ketones (excluding diaryl/α,β-unsaturated/α-hetero) is 5. The summed E-state index contributed by atoms with van der Waals surface area (Å²) in [7, 11) is 0. The monoisotopic (exact) mass is 1020 g/mol. The minimum Gasteiger partial charge on any atom is -0.494 e. The zero-order valence-electron chi connectivity index (χ0n) is 43.2. The molecular weight excluding hydrogens is 929 g/mol. The van der Waals surface area contributed by atoms with Crippen molar-refractivity contribution in [2.75, 3.05) is 32.9 Å². The van der Waals surface area contributed by atoms with Crippen LogP contribution in [0.1, 0.15) is 191 Å². The van der Waals surface area contributed by atoms with Crippen LogP contribution in [0.3, 0.4) is 0 Å². The summed E-state index contributed by atoms with van der Waals surface area (Å²) >= 11 is 0. The highest BCUT2D eigenvalue weighted by atomic mass is 16.5. The normalized spacial score (nSPS) is 13.8. The minimum atomic E-state index is -1.19. The molecule has 18 heteroatoms. The van der Waals surface area contributed by atoms with Gasteiger partial charge in [0.05, 0.1) is 49.3 Å². The van der Waals surface area contributed by atoms with Crippen molar-refractivity contribution in [3.63, 3.8) is 0 Å². The summed E-state index contributed by atoms with van der Waals surface area (Å²) in [6, 6.07) is 5.00. The third-order valence-electron chi connectivity index (χ3n) is 13.3. The van der Waals surface area contributed by atoms with Gasteiger partial charge in [-0.25, -0.2) is 4.79 Å². The molecule has 6 atom stereocenters. The first kappa shape index (κ1) is 65.1. The molecule has 0 unspecified atom stereocenters. The summed E-state index contributed by atoms with van der Waals surface area (Å²) in [6.07, 6.45) is 13.9. The lowest BCUT2D eigenvalue weighted by Gasteiger charge is -2.18. The van der Waals surface area contributed by atoms with E-state index < -0.39 is 78.9 Å². The number of carboxylic acid groups (broad SMARTS) is 2. The van der Waals surface area contributed by atoms with Gasteiger partial charge >= 0.3 is 11.9 Å². The molecule has 0 aliphatic carbocycles. The minimum absolute atomic E-state index is 0.0725. The van der Waals surface area contributed by atoms with Gasteiger partial charge in [0.1, 0.15) is 34.7 Å². The Bertz CT molecular complexity index is 1790. The SMILES string of the molecule is CC[C@@H](CCCCNC(=O)[C@@H](N)CCCCCC(=O)[C@@H](N)CCCCNC(=O)[C@H](CO)CC(=O)[C@H](CO)CC(=O)CC[C@H](CC(=O)CCCCCCCCCCOc1ccc(C(=O)O)cc1)C(=O)O)C(C)=O. The van der Waals surface area contributed by atoms with Crippen LogP contribution in [0.2, 0.25) is 0 Å². The van der Waals surface area contributed by atoms with Crippen molar-refractivity contribution in [1.29, 1.82) is 0 Å². The average Bonchev–Trinajstić information content (AvgIpc) is 3.35. The molecule has 72 heavy (non-hydrogen) atoms. The van der Waals surface area contributed by atoms with Crippen molar-refractivity contribution in [3.05, 3.63) is 29.8 Å². The number of aliphatic carboxylic acids is 1. The number of nitrogens with two attached hydrogens (primary N) is 2. The highest BCUT2D eigenvalue weighted by Crippen LogP contribution is 2.21. The molecule has 0 aromatic heterocycles. The Balaban J connectivity index is 2.24. The molecule has 0 saturated heterocycles. The molecule has 0 spiro atoms. The summed E-state index contributed by atoms with van der Waals surface area (Å²) in [5.41, 5.74) is 12.3. The fourth-order valence-electron chi connectivity index (χ4n) is 8.42. The first-order valence-corrected chi connectivity index (χ1v) is 26.5. The molecule has 0 radical (unpaired) electrons. The van der Waals surface area contributed by atoms with E-state index in [1.54, 1.807) is 19.1 Å². The van der Waals surface area contributed by atoms with Crippen molar-refractivity contribution in [3.8, 4) is 5.75 Å². The topological polar surface area (TPSA) is 320 Å². The van der Waals surface area contributed by atoms with Crippen LogP contribution in [-0.2, 0) is 38.4 Å². The number of ether oxygens (including phenoxy) is 1. The van der Waals surface area contributed by atoms with E-state index in [1.807, 2.05) is 6.92 Å². The van der Waals surface area contributed by atoms with Crippen LogP contribution in [0.15, 0.2) is 24.3 Å². The molecule has 1 aromatic carbocycles. The number of rotatable bonds is 47. The van der Waals surface area contributed by atoms with E-state index in [-0.39, 0.29) is 73.4 Å². The number of ketones is 5. The van der Waals surface area contributed by atoms with Crippen LogP contribution in [-0.4, -0.2) is 118 Å². The van der Waals surface area contributed by atoms with Gasteiger partial charge in [-0.3, -0.25) is 38.4 Å². The first-order chi connectivity index (χ1) is 34.4. The van der Waals surface area contributed by atoms with Crippen molar-refractivity contribution >= 4 is 52.7 Å². The number of benzene rings is 1. The molecule has 0 aliphatic rings. The molecule has 18 nitrogen and oxygen atoms in total. The van der Waals surface area contributed by atoms with Crippen LogP contribution in [0.5, 0.6) is 5.75 Å². The Morgan fingerprint density at radius 3 is 1.62 bits per heavy atom. The van der Waals surface area contributed by atoms with E-state index in [9.17, 15) is 58.5 Å². The Kier molecular flexibility index (Phi) is 35.8. The van der Waals surface area contributed by atoms with Gasteiger partial charge in [0, 0.05) is 63.5 Å². The van der Waals surface area contributed by atoms with Gasteiger partial charge in [-0.1, -0.05) is 64.7 Å². The van der Waals surface area contributed by atoms with Crippen LogP contribution in [0.25, 0.3) is 0 Å². The van der Waals surface area contributed by atoms with Crippen molar-refractivity contribution in [1.82, 2.24) is 10.6 Å². The van der Waals surface area contributed by atoms with Gasteiger partial charge in [0.2, 0.25) is 11.8 Å². The molecule has 10 N–H and O–H groups in total. The van der Waals surface area contributed by atoms with E-state index >= 15 is 0 Å².